The van der Waals surface area contributed by atoms with Crippen LogP contribution in [-0.2, 0) is 20.0 Å². The van der Waals surface area contributed by atoms with Gasteiger partial charge in [-0.25, -0.2) is 9.13 Å². The first-order chi connectivity index (χ1) is 13.1. The zero-order valence-electron chi connectivity index (χ0n) is 17.0. The molecule has 1 fully saturated rings. The number of benzene rings is 2. The molecule has 0 amide bonds. The van der Waals surface area contributed by atoms with E-state index < -0.39 is 0 Å². The van der Waals surface area contributed by atoms with Gasteiger partial charge in [-0.05, 0) is 68.7 Å². The molecule has 2 heterocycles. The minimum absolute atomic E-state index is 0.787. The standard InChI is InChI=1S/C25H31N2/c1-17-11-12-20(18(2)16-17)25-26(3)23-14-13-21(19-8-5-4-6-9-19)22-10-7-15-27(25)24(22)23/h11-14,16,19H,4-10,15H2,1-3H3/q+1. The largest absolute Gasteiger partial charge is 0.289 e. The Hall–Kier alpha value is -2.09. The highest BCUT2D eigenvalue weighted by molar-refractivity contribution is 5.81. The van der Waals surface area contributed by atoms with Crippen molar-refractivity contribution in [2.45, 2.75) is 71.3 Å². The molecule has 140 valence electrons. The molecule has 2 heteroatoms. The molecule has 2 aliphatic rings. The maximum Gasteiger partial charge on any atom is 0.289 e. The molecule has 0 atom stereocenters. The molecule has 0 bridgehead atoms. The predicted molar refractivity (Wildman–Crippen MR) is 112 cm³/mol. The van der Waals surface area contributed by atoms with E-state index in [1.165, 1.54) is 78.5 Å². The van der Waals surface area contributed by atoms with Crippen LogP contribution >= 0.6 is 0 Å². The van der Waals surface area contributed by atoms with Crippen LogP contribution in [0.2, 0.25) is 0 Å². The maximum atomic E-state index is 2.62. The molecule has 1 saturated carbocycles. The van der Waals surface area contributed by atoms with Gasteiger partial charge in [-0.1, -0.05) is 43.0 Å². The van der Waals surface area contributed by atoms with Crippen molar-refractivity contribution >= 4 is 11.0 Å². The number of hydrogen-bond donors (Lipinski definition) is 0. The first kappa shape index (κ1) is 17.0. The topological polar surface area (TPSA) is 8.81 Å². The van der Waals surface area contributed by atoms with Crippen LogP contribution in [0.15, 0.2) is 30.3 Å². The van der Waals surface area contributed by atoms with E-state index in [0.29, 0.717) is 0 Å². The van der Waals surface area contributed by atoms with Gasteiger partial charge in [-0.3, -0.25) is 0 Å². The zero-order chi connectivity index (χ0) is 18.5. The second kappa shape index (κ2) is 6.51. The Morgan fingerprint density at radius 2 is 1.78 bits per heavy atom. The van der Waals surface area contributed by atoms with Gasteiger partial charge in [-0.15, -0.1) is 0 Å². The fourth-order valence-corrected chi connectivity index (χ4v) is 5.69. The van der Waals surface area contributed by atoms with E-state index in [-0.39, 0.29) is 0 Å². The Balaban J connectivity index is 1.75. The van der Waals surface area contributed by atoms with Gasteiger partial charge < -0.3 is 0 Å². The number of rotatable bonds is 2. The van der Waals surface area contributed by atoms with Crippen LogP contribution in [-0.4, -0.2) is 4.57 Å². The molecule has 0 radical (unpaired) electrons. The summed E-state index contributed by atoms with van der Waals surface area (Å²) in [5.41, 5.74) is 10.3. The molecule has 3 aromatic rings. The summed E-state index contributed by atoms with van der Waals surface area (Å²) in [4.78, 5) is 0. The van der Waals surface area contributed by atoms with E-state index in [0.717, 1.165) is 12.5 Å². The number of aromatic nitrogens is 2. The molecule has 2 aromatic carbocycles. The van der Waals surface area contributed by atoms with Crippen molar-refractivity contribution in [1.82, 2.24) is 4.57 Å². The number of nitrogens with zero attached hydrogens (tertiary/aromatic N) is 2. The Morgan fingerprint density at radius 1 is 0.963 bits per heavy atom. The van der Waals surface area contributed by atoms with E-state index >= 15 is 0 Å². The summed E-state index contributed by atoms with van der Waals surface area (Å²) in [6.45, 7) is 5.58. The summed E-state index contributed by atoms with van der Waals surface area (Å²) in [5.74, 6) is 2.17. The van der Waals surface area contributed by atoms with Crippen LogP contribution in [0.5, 0.6) is 0 Å². The van der Waals surface area contributed by atoms with Gasteiger partial charge in [0.25, 0.3) is 5.82 Å². The number of aryl methyl sites for hydroxylation is 5. The third-order valence-corrected chi connectivity index (χ3v) is 6.98. The molecule has 0 saturated heterocycles. The van der Waals surface area contributed by atoms with Crippen molar-refractivity contribution in [1.29, 1.82) is 0 Å². The molecule has 1 aromatic heterocycles. The molecule has 1 aliphatic carbocycles. The Morgan fingerprint density at radius 3 is 2.56 bits per heavy atom. The van der Waals surface area contributed by atoms with Crippen molar-refractivity contribution in [3.8, 4) is 11.4 Å². The molecule has 0 spiro atoms. The summed E-state index contributed by atoms with van der Waals surface area (Å²) in [5, 5.41) is 0. The van der Waals surface area contributed by atoms with Gasteiger partial charge in [0.1, 0.15) is 0 Å². The Bertz CT molecular complexity index is 1020. The smallest absolute Gasteiger partial charge is 0.226 e. The fourth-order valence-electron chi connectivity index (χ4n) is 5.69. The van der Waals surface area contributed by atoms with E-state index in [1.807, 2.05) is 0 Å². The summed E-state index contributed by atoms with van der Waals surface area (Å²) >= 11 is 0. The van der Waals surface area contributed by atoms with Crippen molar-refractivity contribution in [3.63, 3.8) is 0 Å². The maximum absolute atomic E-state index is 2.62. The lowest BCUT2D eigenvalue weighted by molar-refractivity contribution is -0.664. The molecular weight excluding hydrogens is 328 g/mol. The van der Waals surface area contributed by atoms with Gasteiger partial charge in [0.2, 0.25) is 0 Å². The molecule has 2 nitrogen and oxygen atoms in total. The van der Waals surface area contributed by atoms with Crippen molar-refractivity contribution in [2.75, 3.05) is 0 Å². The first-order valence-electron chi connectivity index (χ1n) is 10.8. The monoisotopic (exact) mass is 359 g/mol. The summed E-state index contributed by atoms with van der Waals surface area (Å²) in [6.07, 6.45) is 9.52. The third kappa shape index (κ3) is 2.64. The second-order valence-electron chi connectivity index (χ2n) is 8.79. The van der Waals surface area contributed by atoms with E-state index in [9.17, 15) is 0 Å². The van der Waals surface area contributed by atoms with Crippen LogP contribution in [0.25, 0.3) is 22.4 Å². The summed E-state index contributed by atoms with van der Waals surface area (Å²) < 4.78 is 5.06. The highest BCUT2D eigenvalue weighted by Crippen LogP contribution is 2.39. The van der Waals surface area contributed by atoms with Crippen LogP contribution in [0.3, 0.4) is 0 Å². The first-order valence-corrected chi connectivity index (χ1v) is 10.8. The summed E-state index contributed by atoms with van der Waals surface area (Å²) in [7, 11) is 2.25. The summed E-state index contributed by atoms with van der Waals surface area (Å²) in [6, 6.07) is 11.8. The average molecular weight is 360 g/mol. The number of imidazole rings is 1. The van der Waals surface area contributed by atoms with Crippen LogP contribution in [0, 0.1) is 13.8 Å². The second-order valence-corrected chi connectivity index (χ2v) is 8.79. The minimum Gasteiger partial charge on any atom is -0.226 e. The van der Waals surface area contributed by atoms with E-state index in [1.54, 1.807) is 11.1 Å². The highest BCUT2D eigenvalue weighted by Gasteiger charge is 2.32. The molecule has 0 unspecified atom stereocenters. The SMILES string of the molecule is Cc1ccc(-c2n(C)c3ccc(C4CCCCC4)c4c3[n+]2CCC4)c(C)c1. The number of hydrogen-bond acceptors (Lipinski definition) is 0. The molecule has 0 N–H and O–H groups in total. The van der Waals surface area contributed by atoms with Crippen LogP contribution < -0.4 is 4.57 Å². The molecule has 27 heavy (non-hydrogen) atoms. The van der Waals surface area contributed by atoms with Gasteiger partial charge >= 0.3 is 0 Å². The van der Waals surface area contributed by atoms with Crippen molar-refractivity contribution in [2.24, 2.45) is 7.05 Å². The molecular formula is C25H31N2+. The lowest BCUT2D eigenvalue weighted by atomic mass is 9.80. The third-order valence-electron chi connectivity index (χ3n) is 6.98. The average Bonchev–Trinajstić information content (AvgIpc) is 2.97. The Labute approximate surface area is 162 Å². The Kier molecular flexibility index (Phi) is 4.11. The lowest BCUT2D eigenvalue weighted by Crippen LogP contribution is -2.39. The molecule has 1 aliphatic heterocycles. The molecule has 5 rings (SSSR count). The van der Waals surface area contributed by atoms with Gasteiger partial charge in [-0.2, -0.15) is 0 Å². The predicted octanol–water partition coefficient (Wildman–Crippen LogP) is 5.74. The van der Waals surface area contributed by atoms with Gasteiger partial charge in [0, 0.05) is 5.56 Å². The van der Waals surface area contributed by atoms with Crippen molar-refractivity contribution < 1.29 is 4.57 Å². The lowest BCUT2D eigenvalue weighted by Gasteiger charge is -2.25. The quantitative estimate of drug-likeness (QED) is 0.516. The highest BCUT2D eigenvalue weighted by atomic mass is 15.2. The van der Waals surface area contributed by atoms with Gasteiger partial charge in [0.05, 0.1) is 19.2 Å². The normalized spacial score (nSPS) is 17.6. The van der Waals surface area contributed by atoms with E-state index in [4.69, 9.17) is 0 Å². The van der Waals surface area contributed by atoms with E-state index in [2.05, 4.69) is 60.4 Å². The van der Waals surface area contributed by atoms with Crippen molar-refractivity contribution in [3.05, 3.63) is 52.6 Å². The minimum atomic E-state index is 0.787. The van der Waals surface area contributed by atoms with Crippen LogP contribution in [0.1, 0.15) is 66.7 Å². The zero-order valence-corrected chi connectivity index (χ0v) is 17.0. The van der Waals surface area contributed by atoms with Gasteiger partial charge in [0.15, 0.2) is 11.0 Å². The van der Waals surface area contributed by atoms with Crippen LogP contribution in [0.4, 0.5) is 0 Å². The fraction of sp³-hybridized carbons (Fsp3) is 0.480.